The highest BCUT2D eigenvalue weighted by Crippen LogP contribution is 2.35. The van der Waals surface area contributed by atoms with Crippen LogP contribution in [0.4, 0.5) is 11.4 Å². The molecule has 0 aliphatic carbocycles. The van der Waals surface area contributed by atoms with E-state index in [1.807, 2.05) is 13.0 Å². The van der Waals surface area contributed by atoms with E-state index in [2.05, 4.69) is 58.4 Å². The van der Waals surface area contributed by atoms with Crippen molar-refractivity contribution in [2.75, 3.05) is 17.7 Å². The first kappa shape index (κ1) is 13.4. The van der Waals surface area contributed by atoms with Crippen LogP contribution in [-0.4, -0.2) is 7.05 Å². The van der Waals surface area contributed by atoms with Crippen LogP contribution in [-0.2, 0) is 0 Å². The van der Waals surface area contributed by atoms with Crippen LogP contribution >= 0.6 is 27.3 Å². The molecule has 0 spiro atoms. The fraction of sp³-hybridized carbons (Fsp3) is 0.286. The second kappa shape index (κ2) is 5.33. The fourth-order valence-electron chi connectivity index (χ4n) is 1.88. The van der Waals surface area contributed by atoms with E-state index in [-0.39, 0.29) is 0 Å². The smallest absolute Gasteiger partial charge is 0.0604 e. The van der Waals surface area contributed by atoms with E-state index in [1.54, 1.807) is 11.3 Å². The highest BCUT2D eigenvalue weighted by atomic mass is 79.9. The number of anilines is 2. The predicted molar refractivity (Wildman–Crippen MR) is 84.4 cm³/mol. The maximum absolute atomic E-state index is 5.91. The molecule has 0 fully saturated rings. The monoisotopic (exact) mass is 324 g/mol. The highest BCUT2D eigenvalue weighted by molar-refractivity contribution is 9.10. The summed E-state index contributed by atoms with van der Waals surface area (Å²) in [5.41, 5.74) is 9.01. The summed E-state index contributed by atoms with van der Waals surface area (Å²) in [6, 6.07) is 8.72. The second-order valence-electron chi connectivity index (χ2n) is 4.46. The normalized spacial score (nSPS) is 12.4. The number of thiophene rings is 1. The lowest BCUT2D eigenvalue weighted by molar-refractivity contribution is 0.752. The Morgan fingerprint density at radius 2 is 2.11 bits per heavy atom. The third kappa shape index (κ3) is 2.54. The molecule has 1 unspecified atom stereocenters. The van der Waals surface area contributed by atoms with Crippen molar-refractivity contribution in [3.8, 4) is 0 Å². The number of nitrogens with two attached hydrogens (primary N) is 1. The topological polar surface area (TPSA) is 29.3 Å². The number of hydrogen-bond donors (Lipinski definition) is 1. The summed E-state index contributed by atoms with van der Waals surface area (Å²) in [6.45, 7) is 4.25. The Morgan fingerprint density at radius 3 is 2.72 bits per heavy atom. The van der Waals surface area contributed by atoms with Crippen molar-refractivity contribution in [3.63, 3.8) is 0 Å². The summed E-state index contributed by atoms with van der Waals surface area (Å²) in [4.78, 5) is 3.63. The van der Waals surface area contributed by atoms with Crippen LogP contribution in [0.25, 0.3) is 0 Å². The van der Waals surface area contributed by atoms with Gasteiger partial charge in [0.1, 0.15) is 0 Å². The Morgan fingerprint density at radius 1 is 1.39 bits per heavy atom. The number of halogens is 1. The zero-order chi connectivity index (χ0) is 13.3. The maximum atomic E-state index is 5.91. The van der Waals surface area contributed by atoms with E-state index in [9.17, 15) is 0 Å². The SMILES string of the molecule is Cc1cc(N(C)C(C)c2cccs2)c(Br)cc1N. The Balaban J connectivity index is 2.34. The third-order valence-corrected chi connectivity index (χ3v) is 4.93. The Hall–Kier alpha value is -1.00. The molecular weight excluding hydrogens is 308 g/mol. The van der Waals surface area contributed by atoms with E-state index in [4.69, 9.17) is 5.73 Å². The lowest BCUT2D eigenvalue weighted by Crippen LogP contribution is -2.21. The molecule has 0 saturated carbocycles. The minimum Gasteiger partial charge on any atom is -0.398 e. The number of aryl methyl sites for hydroxylation is 1. The lowest BCUT2D eigenvalue weighted by Gasteiger charge is -2.28. The first-order chi connectivity index (χ1) is 8.50. The van der Waals surface area contributed by atoms with Crippen molar-refractivity contribution < 1.29 is 0 Å². The van der Waals surface area contributed by atoms with Gasteiger partial charge in [-0.15, -0.1) is 11.3 Å². The van der Waals surface area contributed by atoms with E-state index in [0.29, 0.717) is 6.04 Å². The van der Waals surface area contributed by atoms with Crippen LogP contribution in [0.2, 0.25) is 0 Å². The molecule has 2 rings (SSSR count). The molecule has 96 valence electrons. The number of nitrogen functional groups attached to an aromatic ring is 1. The standard InChI is InChI=1S/C14H17BrN2S/c1-9-7-13(11(15)8-12(9)16)17(3)10(2)14-5-4-6-18-14/h4-8,10H,16H2,1-3H3. The highest BCUT2D eigenvalue weighted by Gasteiger charge is 2.16. The van der Waals surface area contributed by atoms with Gasteiger partial charge < -0.3 is 10.6 Å². The van der Waals surface area contributed by atoms with Gasteiger partial charge in [0.05, 0.1) is 11.7 Å². The van der Waals surface area contributed by atoms with Crippen molar-refractivity contribution in [2.24, 2.45) is 0 Å². The molecule has 1 heterocycles. The van der Waals surface area contributed by atoms with Gasteiger partial charge in [-0.3, -0.25) is 0 Å². The molecule has 2 nitrogen and oxygen atoms in total. The van der Waals surface area contributed by atoms with Crippen molar-refractivity contribution in [2.45, 2.75) is 19.9 Å². The van der Waals surface area contributed by atoms with E-state index in [0.717, 1.165) is 15.7 Å². The van der Waals surface area contributed by atoms with Crippen LogP contribution in [0.1, 0.15) is 23.4 Å². The van der Waals surface area contributed by atoms with Crippen LogP contribution in [0.15, 0.2) is 34.1 Å². The predicted octanol–water partition coefficient (Wildman–Crippen LogP) is 4.60. The van der Waals surface area contributed by atoms with Gasteiger partial charge in [-0.2, -0.15) is 0 Å². The Labute approximate surface area is 121 Å². The van der Waals surface area contributed by atoms with Crippen molar-refractivity contribution in [3.05, 3.63) is 44.6 Å². The van der Waals surface area contributed by atoms with Gasteiger partial charge >= 0.3 is 0 Å². The molecule has 0 aliphatic heterocycles. The molecule has 4 heteroatoms. The van der Waals surface area contributed by atoms with Gasteiger partial charge in [0.2, 0.25) is 0 Å². The summed E-state index contributed by atoms with van der Waals surface area (Å²) in [7, 11) is 2.11. The summed E-state index contributed by atoms with van der Waals surface area (Å²) >= 11 is 5.38. The second-order valence-corrected chi connectivity index (χ2v) is 6.30. The van der Waals surface area contributed by atoms with Gasteiger partial charge in [-0.1, -0.05) is 6.07 Å². The largest absolute Gasteiger partial charge is 0.398 e. The van der Waals surface area contributed by atoms with Gasteiger partial charge in [0.15, 0.2) is 0 Å². The maximum Gasteiger partial charge on any atom is 0.0604 e. The van der Waals surface area contributed by atoms with E-state index in [1.165, 1.54) is 10.6 Å². The molecular formula is C14H17BrN2S. The number of nitrogens with zero attached hydrogens (tertiary/aromatic N) is 1. The van der Waals surface area contributed by atoms with E-state index < -0.39 is 0 Å². The minimum absolute atomic E-state index is 0.351. The van der Waals surface area contributed by atoms with Crippen LogP contribution in [0.5, 0.6) is 0 Å². The molecule has 0 amide bonds. The van der Waals surface area contributed by atoms with Crippen molar-refractivity contribution in [1.29, 1.82) is 0 Å². The number of rotatable bonds is 3. The molecule has 0 bridgehead atoms. The molecule has 0 saturated heterocycles. The van der Waals surface area contributed by atoms with Crippen molar-refractivity contribution >= 4 is 38.6 Å². The minimum atomic E-state index is 0.351. The zero-order valence-electron chi connectivity index (χ0n) is 10.8. The average molecular weight is 325 g/mol. The quantitative estimate of drug-likeness (QED) is 0.836. The van der Waals surface area contributed by atoms with Gasteiger partial charge in [0.25, 0.3) is 0 Å². The molecule has 2 N–H and O–H groups in total. The summed E-state index contributed by atoms with van der Waals surface area (Å²) in [5, 5.41) is 2.11. The van der Waals surface area contributed by atoms with Gasteiger partial charge in [0, 0.05) is 22.1 Å². The third-order valence-electron chi connectivity index (χ3n) is 3.25. The summed E-state index contributed by atoms with van der Waals surface area (Å²) < 4.78 is 1.04. The molecule has 18 heavy (non-hydrogen) atoms. The average Bonchev–Trinajstić information content (AvgIpc) is 2.85. The van der Waals surface area contributed by atoms with Crippen LogP contribution in [0, 0.1) is 6.92 Å². The van der Waals surface area contributed by atoms with Gasteiger partial charge in [-0.25, -0.2) is 0 Å². The molecule has 0 aliphatic rings. The summed E-state index contributed by atoms with van der Waals surface area (Å²) in [6.07, 6.45) is 0. The number of benzene rings is 1. The Bertz CT molecular complexity index is 537. The fourth-order valence-corrected chi connectivity index (χ4v) is 3.35. The first-order valence-electron chi connectivity index (χ1n) is 5.82. The lowest BCUT2D eigenvalue weighted by atomic mass is 10.1. The first-order valence-corrected chi connectivity index (χ1v) is 7.50. The summed E-state index contributed by atoms with van der Waals surface area (Å²) in [5.74, 6) is 0. The molecule has 1 atom stereocenters. The Kier molecular flexibility index (Phi) is 3.97. The molecule has 2 aromatic rings. The molecule has 0 radical (unpaired) electrons. The molecule has 1 aromatic carbocycles. The van der Waals surface area contributed by atoms with Crippen LogP contribution < -0.4 is 10.6 Å². The van der Waals surface area contributed by atoms with E-state index >= 15 is 0 Å². The number of hydrogen-bond acceptors (Lipinski definition) is 3. The van der Waals surface area contributed by atoms with Crippen molar-refractivity contribution in [1.82, 2.24) is 0 Å². The molecule has 1 aromatic heterocycles. The zero-order valence-corrected chi connectivity index (χ0v) is 13.2. The van der Waals surface area contributed by atoms with Crippen LogP contribution in [0.3, 0.4) is 0 Å². The van der Waals surface area contributed by atoms with Gasteiger partial charge in [-0.05, 0) is 58.9 Å².